The van der Waals surface area contributed by atoms with Crippen molar-refractivity contribution in [3.63, 3.8) is 0 Å². The quantitative estimate of drug-likeness (QED) is 0.889. The van der Waals surface area contributed by atoms with E-state index in [1.54, 1.807) is 12.1 Å². The zero-order valence-electron chi connectivity index (χ0n) is 11.8. The summed E-state index contributed by atoms with van der Waals surface area (Å²) in [7, 11) is 0. The third-order valence-electron chi connectivity index (χ3n) is 3.94. The van der Waals surface area contributed by atoms with E-state index in [-0.39, 0.29) is 35.5 Å². The van der Waals surface area contributed by atoms with Gasteiger partial charge in [0.2, 0.25) is 5.91 Å². The molecule has 1 saturated heterocycles. The summed E-state index contributed by atoms with van der Waals surface area (Å²) < 4.78 is 5.66. The number of nitrogens with one attached hydrogen (secondary N) is 1. The molecule has 5 nitrogen and oxygen atoms in total. The number of hydrogen-bond acceptors (Lipinski definition) is 3. The second-order valence-corrected chi connectivity index (χ2v) is 5.30. The Morgan fingerprint density at radius 1 is 1.10 bits per heavy atom. The molecule has 1 heterocycles. The predicted octanol–water partition coefficient (Wildman–Crippen LogP) is 2.38. The van der Waals surface area contributed by atoms with Crippen LogP contribution in [0.1, 0.15) is 31.1 Å². The summed E-state index contributed by atoms with van der Waals surface area (Å²) in [5, 5.41) is 11.6. The van der Waals surface area contributed by atoms with Crippen LogP contribution in [-0.2, 0) is 9.53 Å². The van der Waals surface area contributed by atoms with E-state index in [4.69, 9.17) is 9.84 Å². The Bertz CT molecular complexity index is 511. The molecule has 0 spiro atoms. The van der Waals surface area contributed by atoms with Gasteiger partial charge in [0.25, 0.3) is 0 Å². The third kappa shape index (κ3) is 2.82. The van der Waals surface area contributed by atoms with Gasteiger partial charge in [-0.2, -0.15) is 0 Å². The lowest BCUT2D eigenvalue weighted by molar-refractivity contribution is -0.121. The van der Waals surface area contributed by atoms with Crippen LogP contribution in [0.4, 0.5) is 5.69 Å². The van der Waals surface area contributed by atoms with Crippen LogP contribution in [0.15, 0.2) is 24.3 Å². The van der Waals surface area contributed by atoms with E-state index in [1.807, 2.05) is 20.8 Å². The number of hydrogen-bond donors (Lipinski definition) is 2. The van der Waals surface area contributed by atoms with E-state index in [2.05, 4.69) is 5.32 Å². The van der Waals surface area contributed by atoms with Gasteiger partial charge in [-0.25, -0.2) is 4.79 Å². The van der Waals surface area contributed by atoms with Crippen molar-refractivity contribution in [3.8, 4) is 0 Å². The number of carboxylic acids is 1. The van der Waals surface area contributed by atoms with Crippen molar-refractivity contribution in [2.45, 2.75) is 33.0 Å². The van der Waals surface area contributed by atoms with Crippen molar-refractivity contribution in [3.05, 3.63) is 29.8 Å². The molecule has 1 aromatic rings. The molecule has 0 aromatic heterocycles. The molecule has 0 aliphatic carbocycles. The fourth-order valence-electron chi connectivity index (χ4n) is 2.64. The summed E-state index contributed by atoms with van der Waals surface area (Å²) in [4.78, 5) is 23.1. The van der Waals surface area contributed by atoms with Crippen LogP contribution in [0, 0.1) is 11.8 Å². The third-order valence-corrected chi connectivity index (χ3v) is 3.94. The van der Waals surface area contributed by atoms with Gasteiger partial charge in [-0.1, -0.05) is 6.92 Å². The van der Waals surface area contributed by atoms with Crippen molar-refractivity contribution in [1.82, 2.24) is 0 Å². The molecule has 4 atom stereocenters. The number of ether oxygens (including phenoxy) is 1. The van der Waals surface area contributed by atoms with Crippen LogP contribution in [0.2, 0.25) is 0 Å². The number of amides is 1. The van der Waals surface area contributed by atoms with Gasteiger partial charge in [-0.15, -0.1) is 0 Å². The zero-order chi connectivity index (χ0) is 14.9. The van der Waals surface area contributed by atoms with Crippen molar-refractivity contribution < 1.29 is 19.4 Å². The zero-order valence-corrected chi connectivity index (χ0v) is 11.8. The van der Waals surface area contributed by atoms with Crippen LogP contribution in [-0.4, -0.2) is 29.2 Å². The van der Waals surface area contributed by atoms with Gasteiger partial charge in [0, 0.05) is 5.69 Å². The molecule has 1 aliphatic heterocycles. The first-order chi connectivity index (χ1) is 9.40. The Labute approximate surface area is 117 Å². The first kappa shape index (κ1) is 14.5. The number of aromatic carboxylic acids is 1. The second-order valence-electron chi connectivity index (χ2n) is 5.30. The molecule has 4 unspecified atom stereocenters. The average molecular weight is 277 g/mol. The lowest BCUT2D eigenvalue weighted by Crippen LogP contribution is -2.31. The fraction of sp³-hybridized carbons (Fsp3) is 0.467. The van der Waals surface area contributed by atoms with E-state index in [1.165, 1.54) is 12.1 Å². The Morgan fingerprint density at radius 2 is 1.70 bits per heavy atom. The van der Waals surface area contributed by atoms with E-state index in [0.29, 0.717) is 5.69 Å². The maximum absolute atomic E-state index is 12.3. The fourth-order valence-corrected chi connectivity index (χ4v) is 2.64. The molecular weight excluding hydrogens is 258 g/mol. The minimum atomic E-state index is -0.983. The van der Waals surface area contributed by atoms with Crippen molar-refractivity contribution in [1.29, 1.82) is 0 Å². The molecule has 20 heavy (non-hydrogen) atoms. The topological polar surface area (TPSA) is 75.6 Å². The summed E-state index contributed by atoms with van der Waals surface area (Å²) in [5.41, 5.74) is 0.793. The Morgan fingerprint density at radius 3 is 2.15 bits per heavy atom. The Kier molecular flexibility index (Phi) is 4.09. The number of carboxylic acid groups (broad SMARTS) is 1. The van der Waals surface area contributed by atoms with Gasteiger partial charge in [-0.3, -0.25) is 4.79 Å². The minimum absolute atomic E-state index is 0.0649. The highest BCUT2D eigenvalue weighted by Crippen LogP contribution is 2.32. The Hall–Kier alpha value is -1.88. The first-order valence-corrected chi connectivity index (χ1v) is 6.70. The smallest absolute Gasteiger partial charge is 0.335 e. The Balaban J connectivity index is 2.06. The van der Waals surface area contributed by atoms with Crippen LogP contribution in [0.3, 0.4) is 0 Å². The van der Waals surface area contributed by atoms with Crippen molar-refractivity contribution >= 4 is 17.6 Å². The molecule has 1 fully saturated rings. The van der Waals surface area contributed by atoms with Gasteiger partial charge in [0.05, 0.1) is 23.7 Å². The summed E-state index contributed by atoms with van der Waals surface area (Å²) in [6, 6.07) is 6.13. The standard InChI is InChI=1S/C15H19NO4/c1-8-9(2)20-10(3)13(8)14(17)16-12-6-4-11(5-7-12)15(18)19/h4-10,13H,1-3H3,(H,16,17)(H,18,19). The summed E-state index contributed by atoms with van der Waals surface area (Å²) in [6.07, 6.45) is -0.0478. The maximum Gasteiger partial charge on any atom is 0.335 e. The van der Waals surface area contributed by atoms with Gasteiger partial charge in [0.15, 0.2) is 0 Å². The molecule has 0 saturated carbocycles. The van der Waals surface area contributed by atoms with Gasteiger partial charge >= 0.3 is 5.97 Å². The van der Waals surface area contributed by atoms with Gasteiger partial charge in [-0.05, 0) is 44.0 Å². The van der Waals surface area contributed by atoms with Crippen molar-refractivity contribution in [2.75, 3.05) is 5.32 Å². The van der Waals surface area contributed by atoms with Crippen LogP contribution in [0.25, 0.3) is 0 Å². The number of carbonyl (C=O) groups excluding carboxylic acids is 1. The normalized spacial score (nSPS) is 29.1. The van der Waals surface area contributed by atoms with E-state index < -0.39 is 5.97 Å². The van der Waals surface area contributed by atoms with E-state index >= 15 is 0 Å². The molecular formula is C15H19NO4. The molecule has 1 amide bonds. The minimum Gasteiger partial charge on any atom is -0.478 e. The largest absolute Gasteiger partial charge is 0.478 e. The van der Waals surface area contributed by atoms with E-state index in [9.17, 15) is 9.59 Å². The van der Waals surface area contributed by atoms with Crippen LogP contribution < -0.4 is 5.32 Å². The predicted molar refractivity (Wildman–Crippen MR) is 74.7 cm³/mol. The number of benzene rings is 1. The molecule has 5 heteroatoms. The first-order valence-electron chi connectivity index (χ1n) is 6.70. The SMILES string of the molecule is CC1OC(C)C(C(=O)Nc2ccc(C(=O)O)cc2)C1C. The maximum atomic E-state index is 12.3. The monoisotopic (exact) mass is 277 g/mol. The second kappa shape index (κ2) is 5.63. The molecule has 2 rings (SSSR count). The number of anilines is 1. The molecule has 108 valence electrons. The van der Waals surface area contributed by atoms with Crippen LogP contribution >= 0.6 is 0 Å². The molecule has 1 aliphatic rings. The summed E-state index contributed by atoms with van der Waals surface area (Å²) in [5.74, 6) is -1.10. The highest BCUT2D eigenvalue weighted by atomic mass is 16.5. The summed E-state index contributed by atoms with van der Waals surface area (Å²) >= 11 is 0. The highest BCUT2D eigenvalue weighted by molar-refractivity contribution is 5.94. The molecule has 0 radical (unpaired) electrons. The lowest BCUT2D eigenvalue weighted by atomic mass is 9.89. The van der Waals surface area contributed by atoms with Gasteiger partial charge < -0.3 is 15.2 Å². The van der Waals surface area contributed by atoms with Crippen LogP contribution in [0.5, 0.6) is 0 Å². The number of carbonyl (C=O) groups is 2. The molecule has 2 N–H and O–H groups in total. The van der Waals surface area contributed by atoms with Crippen molar-refractivity contribution in [2.24, 2.45) is 11.8 Å². The number of rotatable bonds is 3. The van der Waals surface area contributed by atoms with E-state index in [0.717, 1.165) is 0 Å². The summed E-state index contributed by atoms with van der Waals surface area (Å²) in [6.45, 7) is 5.87. The molecule has 0 bridgehead atoms. The average Bonchev–Trinajstić information content (AvgIpc) is 2.63. The lowest BCUT2D eigenvalue weighted by Gasteiger charge is -2.18. The highest BCUT2D eigenvalue weighted by Gasteiger charge is 2.41. The van der Waals surface area contributed by atoms with Gasteiger partial charge in [0.1, 0.15) is 0 Å². The molecule has 1 aromatic carbocycles.